The van der Waals surface area contributed by atoms with Crippen molar-refractivity contribution in [2.45, 2.75) is 32.4 Å². The van der Waals surface area contributed by atoms with E-state index in [0.717, 1.165) is 29.9 Å². The number of aliphatic hydroxyl groups is 1. The molecule has 100 valence electrons. The molecule has 2 rings (SSSR count). The van der Waals surface area contributed by atoms with Gasteiger partial charge in [0.1, 0.15) is 0 Å². The monoisotopic (exact) mass is 251 g/mol. The topological polar surface area (TPSA) is 50.7 Å². The van der Waals surface area contributed by atoms with E-state index in [9.17, 15) is 0 Å². The first-order valence-electron chi connectivity index (χ1n) is 6.57. The lowest BCUT2D eigenvalue weighted by Crippen LogP contribution is -2.31. The quantitative estimate of drug-likeness (QED) is 0.836. The third kappa shape index (κ3) is 3.15. The summed E-state index contributed by atoms with van der Waals surface area (Å²) in [6.45, 7) is 4.30. The van der Waals surface area contributed by atoms with Gasteiger partial charge in [-0.05, 0) is 12.5 Å². The highest BCUT2D eigenvalue weighted by atomic mass is 16.5. The first-order valence-corrected chi connectivity index (χ1v) is 6.57. The minimum Gasteiger partial charge on any atom is -0.490 e. The van der Waals surface area contributed by atoms with Gasteiger partial charge in [0.2, 0.25) is 0 Å². The van der Waals surface area contributed by atoms with Crippen LogP contribution >= 0.6 is 0 Å². The largest absolute Gasteiger partial charge is 0.490 e. The molecule has 1 aromatic carbocycles. The molecule has 1 heterocycles. The Hall–Kier alpha value is -1.26. The molecular weight excluding hydrogens is 230 g/mol. The number of rotatable bonds is 5. The maximum absolute atomic E-state index is 9.17. The Labute approximate surface area is 108 Å². The molecule has 0 saturated heterocycles. The molecule has 0 unspecified atom stereocenters. The van der Waals surface area contributed by atoms with Crippen LogP contribution in [0, 0.1) is 0 Å². The summed E-state index contributed by atoms with van der Waals surface area (Å²) in [4.78, 5) is 0. The van der Waals surface area contributed by atoms with E-state index in [-0.39, 0.29) is 12.6 Å². The van der Waals surface area contributed by atoms with Gasteiger partial charge in [-0.25, -0.2) is 0 Å². The van der Waals surface area contributed by atoms with E-state index in [0.29, 0.717) is 19.8 Å². The third-order valence-electron chi connectivity index (χ3n) is 3.15. The molecule has 4 nitrogen and oxygen atoms in total. The molecular formula is C14H21NO3. The Balaban J connectivity index is 2.08. The molecule has 0 saturated carbocycles. The first-order chi connectivity index (χ1) is 8.85. The summed E-state index contributed by atoms with van der Waals surface area (Å²) >= 11 is 0. The second-order valence-corrected chi connectivity index (χ2v) is 4.46. The molecule has 1 aliphatic heterocycles. The zero-order chi connectivity index (χ0) is 12.8. The zero-order valence-corrected chi connectivity index (χ0v) is 10.8. The number of para-hydroxylation sites is 1. The predicted octanol–water partition coefficient (Wildman–Crippen LogP) is 1.71. The van der Waals surface area contributed by atoms with Crippen LogP contribution in [-0.2, 0) is 6.54 Å². The fourth-order valence-electron chi connectivity index (χ4n) is 1.99. The van der Waals surface area contributed by atoms with E-state index in [4.69, 9.17) is 14.6 Å². The molecule has 0 aromatic heterocycles. The summed E-state index contributed by atoms with van der Waals surface area (Å²) < 4.78 is 11.4. The van der Waals surface area contributed by atoms with Crippen molar-refractivity contribution in [1.29, 1.82) is 0 Å². The molecule has 1 aromatic rings. The molecule has 0 radical (unpaired) electrons. The van der Waals surface area contributed by atoms with E-state index in [1.54, 1.807) is 0 Å². The van der Waals surface area contributed by atoms with Crippen LogP contribution in [-0.4, -0.2) is 31.0 Å². The van der Waals surface area contributed by atoms with Crippen molar-refractivity contribution in [3.63, 3.8) is 0 Å². The number of ether oxygens (including phenoxy) is 2. The van der Waals surface area contributed by atoms with Crippen LogP contribution in [0.4, 0.5) is 0 Å². The van der Waals surface area contributed by atoms with Gasteiger partial charge in [0.05, 0.1) is 19.8 Å². The van der Waals surface area contributed by atoms with Gasteiger partial charge < -0.3 is 19.9 Å². The molecule has 1 aliphatic rings. The van der Waals surface area contributed by atoms with E-state index >= 15 is 0 Å². The Kier molecular flexibility index (Phi) is 4.84. The Bertz CT molecular complexity index is 377. The minimum absolute atomic E-state index is 0.132. The van der Waals surface area contributed by atoms with Crippen molar-refractivity contribution in [3.8, 4) is 11.5 Å². The summed E-state index contributed by atoms with van der Waals surface area (Å²) in [6.07, 6.45) is 1.82. The van der Waals surface area contributed by atoms with Gasteiger partial charge in [-0.15, -0.1) is 0 Å². The van der Waals surface area contributed by atoms with Crippen LogP contribution in [0.1, 0.15) is 25.3 Å². The molecule has 0 fully saturated rings. The highest BCUT2D eigenvalue weighted by Crippen LogP contribution is 2.33. The Morgan fingerprint density at radius 3 is 2.94 bits per heavy atom. The average molecular weight is 251 g/mol. The van der Waals surface area contributed by atoms with Gasteiger partial charge in [-0.3, -0.25) is 0 Å². The van der Waals surface area contributed by atoms with Gasteiger partial charge >= 0.3 is 0 Å². The number of hydrogen-bond acceptors (Lipinski definition) is 4. The van der Waals surface area contributed by atoms with E-state index in [2.05, 4.69) is 12.2 Å². The molecule has 2 N–H and O–H groups in total. The summed E-state index contributed by atoms with van der Waals surface area (Å²) in [7, 11) is 0. The normalized spacial score (nSPS) is 16.1. The van der Waals surface area contributed by atoms with E-state index in [1.165, 1.54) is 0 Å². The van der Waals surface area contributed by atoms with Crippen LogP contribution < -0.4 is 14.8 Å². The summed E-state index contributed by atoms with van der Waals surface area (Å²) in [5.41, 5.74) is 1.08. The van der Waals surface area contributed by atoms with E-state index in [1.807, 2.05) is 18.2 Å². The average Bonchev–Trinajstić information content (AvgIpc) is 2.65. The maximum atomic E-state index is 9.17. The molecule has 0 aliphatic carbocycles. The smallest absolute Gasteiger partial charge is 0.165 e. The van der Waals surface area contributed by atoms with Gasteiger partial charge in [0.15, 0.2) is 11.5 Å². The van der Waals surface area contributed by atoms with Crippen LogP contribution in [0.5, 0.6) is 11.5 Å². The lowest BCUT2D eigenvalue weighted by Gasteiger charge is -2.17. The van der Waals surface area contributed by atoms with Crippen LogP contribution in [0.15, 0.2) is 18.2 Å². The maximum Gasteiger partial charge on any atom is 0.165 e. The Morgan fingerprint density at radius 2 is 2.17 bits per heavy atom. The number of nitrogens with one attached hydrogen (secondary N) is 1. The fourth-order valence-corrected chi connectivity index (χ4v) is 1.99. The van der Waals surface area contributed by atoms with Gasteiger partial charge in [0.25, 0.3) is 0 Å². The van der Waals surface area contributed by atoms with Gasteiger partial charge in [0, 0.05) is 24.6 Å². The molecule has 4 heteroatoms. The lowest BCUT2D eigenvalue weighted by molar-refractivity contribution is 0.237. The highest BCUT2D eigenvalue weighted by molar-refractivity contribution is 5.47. The van der Waals surface area contributed by atoms with Crippen molar-refractivity contribution in [2.75, 3.05) is 19.8 Å². The van der Waals surface area contributed by atoms with Crippen molar-refractivity contribution in [1.82, 2.24) is 5.32 Å². The Morgan fingerprint density at radius 1 is 1.33 bits per heavy atom. The predicted molar refractivity (Wildman–Crippen MR) is 70.1 cm³/mol. The molecule has 0 spiro atoms. The van der Waals surface area contributed by atoms with Crippen molar-refractivity contribution >= 4 is 0 Å². The van der Waals surface area contributed by atoms with Crippen LogP contribution in [0.25, 0.3) is 0 Å². The lowest BCUT2D eigenvalue weighted by atomic mass is 10.1. The highest BCUT2D eigenvalue weighted by Gasteiger charge is 2.14. The van der Waals surface area contributed by atoms with Crippen LogP contribution in [0.3, 0.4) is 0 Å². The summed E-state index contributed by atoms with van der Waals surface area (Å²) in [5.74, 6) is 1.67. The van der Waals surface area contributed by atoms with Crippen molar-refractivity contribution < 1.29 is 14.6 Å². The van der Waals surface area contributed by atoms with Gasteiger partial charge in [-0.2, -0.15) is 0 Å². The van der Waals surface area contributed by atoms with Crippen LogP contribution in [0.2, 0.25) is 0 Å². The zero-order valence-electron chi connectivity index (χ0n) is 10.8. The second-order valence-electron chi connectivity index (χ2n) is 4.46. The summed E-state index contributed by atoms with van der Waals surface area (Å²) in [6, 6.07) is 6.08. The third-order valence-corrected chi connectivity index (χ3v) is 3.15. The number of hydrogen-bond donors (Lipinski definition) is 2. The number of aliphatic hydroxyl groups excluding tert-OH is 1. The first kappa shape index (κ1) is 13.2. The number of fused-ring (bicyclic) bond motifs is 1. The molecule has 18 heavy (non-hydrogen) atoms. The molecule has 1 atom stereocenters. The molecule has 0 bridgehead atoms. The number of benzene rings is 1. The van der Waals surface area contributed by atoms with E-state index < -0.39 is 0 Å². The summed E-state index contributed by atoms with van der Waals surface area (Å²) in [5, 5.41) is 12.5. The fraction of sp³-hybridized carbons (Fsp3) is 0.571. The van der Waals surface area contributed by atoms with Crippen molar-refractivity contribution in [2.24, 2.45) is 0 Å². The standard InChI is InChI=1S/C14H21NO3/c1-2-12(10-16)15-9-11-5-3-6-13-14(11)18-8-4-7-17-13/h3,5-6,12,15-16H,2,4,7-10H2,1H3/t12-/m0/s1. The SMILES string of the molecule is CC[C@@H](CO)NCc1cccc2c1OCCCO2. The van der Waals surface area contributed by atoms with Gasteiger partial charge in [-0.1, -0.05) is 19.1 Å². The minimum atomic E-state index is 0.132. The molecule has 0 amide bonds. The second kappa shape index (κ2) is 6.61. The van der Waals surface area contributed by atoms with Crippen molar-refractivity contribution in [3.05, 3.63) is 23.8 Å².